The molecule has 0 aromatic heterocycles. The van der Waals surface area contributed by atoms with Gasteiger partial charge in [-0.25, -0.2) is 0 Å². The van der Waals surface area contributed by atoms with E-state index in [0.29, 0.717) is 18.1 Å². The van der Waals surface area contributed by atoms with Crippen LogP contribution in [0, 0.1) is 17.2 Å². The molecule has 0 saturated carbocycles. The Morgan fingerprint density at radius 3 is 2.89 bits per heavy atom. The zero-order valence-electron chi connectivity index (χ0n) is 11.9. The number of ether oxygens (including phenoxy) is 2. The van der Waals surface area contributed by atoms with Gasteiger partial charge in [-0.3, -0.25) is 0 Å². The summed E-state index contributed by atoms with van der Waals surface area (Å²) in [4.78, 5) is 0. The Bertz CT molecular complexity index is 398. The van der Waals surface area contributed by atoms with Gasteiger partial charge >= 0.3 is 0 Å². The molecule has 1 aromatic carbocycles. The highest BCUT2D eigenvalue weighted by Gasteiger charge is 2.00. The van der Waals surface area contributed by atoms with E-state index in [2.05, 4.69) is 19.9 Å². The second-order valence-electron chi connectivity index (χ2n) is 4.81. The maximum atomic E-state index is 8.77. The summed E-state index contributed by atoms with van der Waals surface area (Å²) in [5, 5.41) is 8.77. The van der Waals surface area contributed by atoms with Gasteiger partial charge in [0.25, 0.3) is 0 Å². The predicted octanol–water partition coefficient (Wildman–Crippen LogP) is 3.78. The summed E-state index contributed by atoms with van der Waals surface area (Å²) in [6.45, 7) is 6.59. The quantitative estimate of drug-likeness (QED) is 0.635. The fourth-order valence-corrected chi connectivity index (χ4v) is 1.87. The van der Waals surface area contributed by atoms with Gasteiger partial charge in [0.1, 0.15) is 5.75 Å². The third-order valence-electron chi connectivity index (χ3n) is 2.85. The molecule has 0 fully saturated rings. The average molecular weight is 261 g/mol. The van der Waals surface area contributed by atoms with E-state index in [1.165, 1.54) is 12.8 Å². The van der Waals surface area contributed by atoms with Crippen molar-refractivity contribution < 1.29 is 9.47 Å². The molecule has 0 bridgehead atoms. The predicted molar refractivity (Wildman–Crippen MR) is 76.2 cm³/mol. The van der Waals surface area contributed by atoms with E-state index in [1.807, 2.05) is 12.1 Å². The fourth-order valence-electron chi connectivity index (χ4n) is 1.87. The molecule has 0 saturated heterocycles. The summed E-state index contributed by atoms with van der Waals surface area (Å²) >= 11 is 0. The second-order valence-corrected chi connectivity index (χ2v) is 4.81. The van der Waals surface area contributed by atoms with E-state index in [1.54, 1.807) is 12.1 Å². The molecule has 0 radical (unpaired) electrons. The SMILES string of the molecule is CCCC(C)COCCCOc1cccc(C#N)c1. The molecule has 0 aliphatic carbocycles. The molecule has 0 aliphatic heterocycles. The standard InChI is InChI=1S/C16H23NO2/c1-3-6-14(2)13-18-9-5-10-19-16-8-4-7-15(11-16)12-17/h4,7-8,11,14H,3,5-6,9-10,13H2,1-2H3. The van der Waals surface area contributed by atoms with Crippen LogP contribution in [0.2, 0.25) is 0 Å². The van der Waals surface area contributed by atoms with Crippen LogP contribution in [0.15, 0.2) is 24.3 Å². The van der Waals surface area contributed by atoms with Crippen molar-refractivity contribution >= 4 is 0 Å². The van der Waals surface area contributed by atoms with Gasteiger partial charge in [0.15, 0.2) is 0 Å². The Hall–Kier alpha value is -1.53. The van der Waals surface area contributed by atoms with Gasteiger partial charge in [-0.15, -0.1) is 0 Å². The Balaban J connectivity index is 2.09. The van der Waals surface area contributed by atoms with Crippen LogP contribution in [0.1, 0.15) is 38.7 Å². The minimum atomic E-state index is 0.622. The van der Waals surface area contributed by atoms with Gasteiger partial charge in [0, 0.05) is 19.6 Å². The van der Waals surface area contributed by atoms with Gasteiger partial charge in [-0.1, -0.05) is 26.3 Å². The Kier molecular flexibility index (Phi) is 7.69. The first kappa shape index (κ1) is 15.5. The highest BCUT2D eigenvalue weighted by Crippen LogP contribution is 2.12. The van der Waals surface area contributed by atoms with Gasteiger partial charge < -0.3 is 9.47 Å². The molecule has 0 heterocycles. The normalized spacial score (nSPS) is 11.8. The van der Waals surface area contributed by atoms with E-state index < -0.39 is 0 Å². The summed E-state index contributed by atoms with van der Waals surface area (Å²) in [7, 11) is 0. The average Bonchev–Trinajstić information content (AvgIpc) is 2.43. The minimum Gasteiger partial charge on any atom is -0.493 e. The van der Waals surface area contributed by atoms with Crippen LogP contribution in [0.3, 0.4) is 0 Å². The highest BCUT2D eigenvalue weighted by molar-refractivity contribution is 5.36. The molecule has 0 aliphatic rings. The maximum Gasteiger partial charge on any atom is 0.120 e. The van der Waals surface area contributed by atoms with Crippen LogP contribution >= 0.6 is 0 Å². The van der Waals surface area contributed by atoms with Gasteiger partial charge in [-0.05, 0) is 30.5 Å². The molecule has 0 amide bonds. The van der Waals surface area contributed by atoms with E-state index in [9.17, 15) is 0 Å². The number of rotatable bonds is 9. The lowest BCUT2D eigenvalue weighted by molar-refractivity contribution is 0.0910. The Labute approximate surface area is 116 Å². The lowest BCUT2D eigenvalue weighted by Gasteiger charge is -2.11. The smallest absolute Gasteiger partial charge is 0.120 e. The zero-order valence-corrected chi connectivity index (χ0v) is 11.9. The first-order chi connectivity index (χ1) is 9.26. The summed E-state index contributed by atoms with van der Waals surface area (Å²) in [5.74, 6) is 1.39. The first-order valence-corrected chi connectivity index (χ1v) is 6.97. The molecule has 3 nitrogen and oxygen atoms in total. The summed E-state index contributed by atoms with van der Waals surface area (Å²) in [6, 6.07) is 9.32. The van der Waals surface area contributed by atoms with E-state index in [0.717, 1.165) is 25.4 Å². The fraction of sp³-hybridized carbons (Fsp3) is 0.562. The van der Waals surface area contributed by atoms with Crippen LogP contribution in [0.4, 0.5) is 0 Å². The number of benzene rings is 1. The lowest BCUT2D eigenvalue weighted by Crippen LogP contribution is -2.09. The molecule has 1 atom stereocenters. The first-order valence-electron chi connectivity index (χ1n) is 6.97. The van der Waals surface area contributed by atoms with Gasteiger partial charge in [-0.2, -0.15) is 5.26 Å². The second kappa shape index (κ2) is 9.41. The van der Waals surface area contributed by atoms with Crippen molar-refractivity contribution in [1.82, 2.24) is 0 Å². The number of hydrogen-bond acceptors (Lipinski definition) is 3. The number of nitriles is 1. The monoisotopic (exact) mass is 261 g/mol. The molecule has 1 aromatic rings. The molecular formula is C16H23NO2. The molecule has 19 heavy (non-hydrogen) atoms. The third kappa shape index (κ3) is 6.83. The van der Waals surface area contributed by atoms with E-state index in [-0.39, 0.29) is 0 Å². The van der Waals surface area contributed by atoms with Gasteiger partial charge in [0.05, 0.1) is 18.2 Å². The van der Waals surface area contributed by atoms with Crippen molar-refractivity contribution in [1.29, 1.82) is 5.26 Å². The summed E-state index contributed by atoms with van der Waals surface area (Å²) < 4.78 is 11.2. The maximum absolute atomic E-state index is 8.77. The van der Waals surface area contributed by atoms with E-state index in [4.69, 9.17) is 14.7 Å². The largest absolute Gasteiger partial charge is 0.493 e. The Morgan fingerprint density at radius 2 is 2.16 bits per heavy atom. The van der Waals surface area contributed by atoms with Crippen molar-refractivity contribution in [2.75, 3.05) is 19.8 Å². The molecule has 104 valence electrons. The molecule has 0 spiro atoms. The highest BCUT2D eigenvalue weighted by atomic mass is 16.5. The van der Waals surface area contributed by atoms with Crippen LogP contribution in [0.25, 0.3) is 0 Å². The number of hydrogen-bond donors (Lipinski definition) is 0. The van der Waals surface area contributed by atoms with Crippen LogP contribution < -0.4 is 4.74 Å². The van der Waals surface area contributed by atoms with Crippen LogP contribution in [-0.2, 0) is 4.74 Å². The molecular weight excluding hydrogens is 238 g/mol. The van der Waals surface area contributed by atoms with Crippen molar-refractivity contribution in [3.8, 4) is 11.8 Å². The molecule has 1 rings (SSSR count). The van der Waals surface area contributed by atoms with Crippen LogP contribution in [-0.4, -0.2) is 19.8 Å². The van der Waals surface area contributed by atoms with Crippen molar-refractivity contribution in [2.24, 2.45) is 5.92 Å². The zero-order chi connectivity index (χ0) is 13.9. The van der Waals surface area contributed by atoms with Crippen molar-refractivity contribution in [3.05, 3.63) is 29.8 Å². The van der Waals surface area contributed by atoms with Crippen LogP contribution in [0.5, 0.6) is 5.75 Å². The lowest BCUT2D eigenvalue weighted by atomic mass is 10.1. The molecule has 0 N–H and O–H groups in total. The summed E-state index contributed by atoms with van der Waals surface area (Å²) in [6.07, 6.45) is 3.30. The minimum absolute atomic E-state index is 0.622. The summed E-state index contributed by atoms with van der Waals surface area (Å²) in [5.41, 5.74) is 0.627. The Morgan fingerprint density at radius 1 is 1.32 bits per heavy atom. The topological polar surface area (TPSA) is 42.2 Å². The molecule has 1 unspecified atom stereocenters. The molecule has 3 heteroatoms. The van der Waals surface area contributed by atoms with Crippen molar-refractivity contribution in [3.63, 3.8) is 0 Å². The number of nitrogens with zero attached hydrogens (tertiary/aromatic N) is 1. The van der Waals surface area contributed by atoms with E-state index >= 15 is 0 Å². The van der Waals surface area contributed by atoms with Crippen molar-refractivity contribution in [2.45, 2.75) is 33.1 Å². The van der Waals surface area contributed by atoms with Gasteiger partial charge in [0.2, 0.25) is 0 Å². The third-order valence-corrected chi connectivity index (χ3v) is 2.85.